The van der Waals surface area contributed by atoms with Gasteiger partial charge in [-0.2, -0.15) is 0 Å². The highest BCUT2D eigenvalue weighted by Crippen LogP contribution is 2.44. The van der Waals surface area contributed by atoms with Gasteiger partial charge in [0.15, 0.2) is 0 Å². The predicted octanol–water partition coefficient (Wildman–Crippen LogP) is 7.04. The molecule has 8 nitrogen and oxygen atoms in total. The number of piperazine rings is 1. The van der Waals surface area contributed by atoms with Gasteiger partial charge in [0.1, 0.15) is 11.6 Å². The molecule has 0 unspecified atom stereocenters. The first-order chi connectivity index (χ1) is 20.4. The lowest BCUT2D eigenvalue weighted by Gasteiger charge is -2.36. The van der Waals surface area contributed by atoms with Crippen LogP contribution in [0.25, 0.3) is 11.1 Å². The lowest BCUT2D eigenvalue weighted by atomic mass is 9.93. The van der Waals surface area contributed by atoms with Crippen LogP contribution in [0, 0.1) is 0 Å². The first-order valence-electron chi connectivity index (χ1n) is 13.3. The number of rotatable bonds is 5. The van der Waals surface area contributed by atoms with Crippen molar-refractivity contribution in [2.45, 2.75) is 6.54 Å². The normalized spacial score (nSPS) is 14.9. The van der Waals surface area contributed by atoms with E-state index in [0.29, 0.717) is 58.2 Å². The van der Waals surface area contributed by atoms with Crippen molar-refractivity contribution in [3.05, 3.63) is 99.1 Å². The molecule has 11 heteroatoms. The van der Waals surface area contributed by atoms with Gasteiger partial charge >= 0.3 is 6.03 Å². The zero-order valence-electron chi connectivity index (χ0n) is 22.6. The molecule has 0 aliphatic carbocycles. The number of halogens is 3. The highest BCUT2D eigenvalue weighted by atomic mass is 35.5. The molecule has 0 saturated carbocycles. The van der Waals surface area contributed by atoms with Crippen LogP contribution in [0.4, 0.5) is 22.0 Å². The van der Waals surface area contributed by atoms with E-state index in [4.69, 9.17) is 39.5 Å². The second kappa shape index (κ2) is 11.7. The van der Waals surface area contributed by atoms with Gasteiger partial charge in [0.2, 0.25) is 0 Å². The van der Waals surface area contributed by atoms with Crippen molar-refractivity contribution in [2.75, 3.05) is 43.1 Å². The van der Waals surface area contributed by atoms with Crippen LogP contribution in [0.15, 0.2) is 72.9 Å². The number of pyridine rings is 1. The molecule has 0 spiro atoms. The van der Waals surface area contributed by atoms with E-state index in [0.717, 1.165) is 28.3 Å². The van der Waals surface area contributed by atoms with Crippen LogP contribution in [-0.4, -0.2) is 55.1 Å². The lowest BCUT2D eigenvalue weighted by Crippen LogP contribution is -2.49. The number of hydrogen-bond acceptors (Lipinski definition) is 5. The average Bonchev–Trinajstić information content (AvgIpc) is 3.01. The molecule has 0 radical (unpaired) electrons. The summed E-state index contributed by atoms with van der Waals surface area (Å²) in [6.45, 7) is 2.46. The minimum absolute atomic E-state index is 0.152. The lowest BCUT2D eigenvalue weighted by molar-refractivity contribution is 0.0746. The van der Waals surface area contributed by atoms with E-state index in [1.54, 1.807) is 49.7 Å². The number of benzene rings is 3. The molecule has 0 atom stereocenters. The van der Waals surface area contributed by atoms with Gasteiger partial charge in [0, 0.05) is 66.7 Å². The van der Waals surface area contributed by atoms with Gasteiger partial charge in [-0.1, -0.05) is 59.1 Å². The Morgan fingerprint density at radius 2 is 1.60 bits per heavy atom. The maximum Gasteiger partial charge on any atom is 0.326 e. The molecule has 1 aromatic heterocycles. The van der Waals surface area contributed by atoms with Crippen molar-refractivity contribution in [3.8, 4) is 16.9 Å². The first kappa shape index (κ1) is 28.2. The molecule has 1 saturated heterocycles. The Hall–Kier alpha value is -3.98. The van der Waals surface area contributed by atoms with E-state index in [-0.39, 0.29) is 12.5 Å². The van der Waals surface area contributed by atoms with Crippen LogP contribution in [0.3, 0.4) is 0 Å². The quantitative estimate of drug-likeness (QED) is 0.258. The maximum absolute atomic E-state index is 14.0. The largest absolute Gasteiger partial charge is 0.497 e. The van der Waals surface area contributed by atoms with Crippen molar-refractivity contribution in [3.63, 3.8) is 0 Å². The summed E-state index contributed by atoms with van der Waals surface area (Å²) in [5.41, 5.74) is 3.58. The van der Waals surface area contributed by atoms with Gasteiger partial charge in [0.05, 0.1) is 28.5 Å². The van der Waals surface area contributed by atoms with Crippen LogP contribution in [0.1, 0.15) is 15.9 Å². The molecule has 1 fully saturated rings. The van der Waals surface area contributed by atoms with Gasteiger partial charge in [-0.15, -0.1) is 0 Å². The number of methoxy groups -OCH3 is 1. The number of urea groups is 1. The van der Waals surface area contributed by atoms with Crippen molar-refractivity contribution >= 4 is 63.9 Å². The molecule has 2 aliphatic rings. The topological polar surface area (TPSA) is 78.0 Å². The Kier molecular flexibility index (Phi) is 7.86. The summed E-state index contributed by atoms with van der Waals surface area (Å²) in [6, 6.07) is 19.4. The Balaban J connectivity index is 1.40. The summed E-state index contributed by atoms with van der Waals surface area (Å²) in [4.78, 5) is 37.2. The molecule has 4 aromatic rings. The molecular weight excluding hydrogens is 597 g/mol. The number of ether oxygens (including phenoxy) is 1. The number of aromatic nitrogens is 1. The molecule has 214 valence electrons. The number of carbonyl (C=O) groups is 2. The van der Waals surface area contributed by atoms with E-state index in [1.807, 2.05) is 35.2 Å². The van der Waals surface area contributed by atoms with Crippen LogP contribution in [0.2, 0.25) is 15.1 Å². The predicted molar refractivity (Wildman–Crippen MR) is 167 cm³/mol. The fraction of sp³-hybridized carbons (Fsp3) is 0.194. The Morgan fingerprint density at radius 3 is 2.31 bits per heavy atom. The van der Waals surface area contributed by atoms with E-state index in [9.17, 15) is 9.59 Å². The molecule has 42 heavy (non-hydrogen) atoms. The smallest absolute Gasteiger partial charge is 0.326 e. The van der Waals surface area contributed by atoms with Crippen molar-refractivity contribution in [2.24, 2.45) is 0 Å². The van der Waals surface area contributed by atoms with E-state index in [1.165, 1.54) is 4.90 Å². The summed E-state index contributed by atoms with van der Waals surface area (Å²) in [7, 11) is 1.62. The van der Waals surface area contributed by atoms with Crippen molar-refractivity contribution in [1.82, 2.24) is 15.2 Å². The summed E-state index contributed by atoms with van der Waals surface area (Å²) < 4.78 is 5.34. The van der Waals surface area contributed by atoms with Gasteiger partial charge in [-0.3, -0.25) is 9.69 Å². The Labute approximate surface area is 258 Å². The fourth-order valence-corrected chi connectivity index (χ4v) is 6.19. The monoisotopic (exact) mass is 621 g/mol. The molecule has 3 aromatic carbocycles. The van der Waals surface area contributed by atoms with Gasteiger partial charge in [-0.05, 0) is 42.0 Å². The fourth-order valence-electron chi connectivity index (χ4n) is 5.38. The highest BCUT2D eigenvalue weighted by Gasteiger charge is 2.33. The molecule has 0 bridgehead atoms. The van der Waals surface area contributed by atoms with Crippen LogP contribution >= 0.6 is 34.8 Å². The maximum atomic E-state index is 14.0. The van der Waals surface area contributed by atoms with E-state index >= 15 is 0 Å². The van der Waals surface area contributed by atoms with Gasteiger partial charge in [-0.25, -0.2) is 9.78 Å². The van der Waals surface area contributed by atoms with Crippen molar-refractivity contribution < 1.29 is 14.3 Å². The Bertz CT molecular complexity index is 1670. The number of para-hydroxylation sites is 1. The molecule has 3 amide bonds. The number of carbonyl (C=O) groups excluding carboxylic acids is 2. The zero-order chi connectivity index (χ0) is 29.4. The van der Waals surface area contributed by atoms with Gasteiger partial charge < -0.3 is 19.9 Å². The second-order valence-corrected chi connectivity index (χ2v) is 11.1. The number of amides is 3. The minimum atomic E-state index is -0.397. The van der Waals surface area contributed by atoms with Crippen molar-refractivity contribution in [1.29, 1.82) is 0 Å². The third kappa shape index (κ3) is 5.22. The number of fused-ring (bicyclic) bond motifs is 1. The molecule has 6 rings (SSSR count). The molecule has 1 N–H and O–H groups in total. The number of hydrogen-bond donors (Lipinski definition) is 1. The summed E-state index contributed by atoms with van der Waals surface area (Å²) in [6.07, 6.45) is 1.71. The van der Waals surface area contributed by atoms with Crippen LogP contribution < -0.4 is 19.9 Å². The summed E-state index contributed by atoms with van der Waals surface area (Å²) >= 11 is 19.8. The second-order valence-electron chi connectivity index (χ2n) is 9.90. The molecular formula is C31H26Cl3N5O3. The number of nitrogens with one attached hydrogen (secondary N) is 1. The summed E-state index contributed by atoms with van der Waals surface area (Å²) in [5, 5.41) is 4.07. The SMILES string of the molecule is COc1ccnc(N2CCN(C(=O)c3cc(-c4ccccc4Cl)c4c(c3)N(c3c(Cl)cccc3Cl)C(=O)NC4)CC2)c1. The minimum Gasteiger partial charge on any atom is -0.497 e. The standard InChI is InChI=1S/C31H26Cl3N5O3/c1-42-20-9-10-35-28(17-20)37-11-13-38(14-12-37)30(40)19-15-22(21-5-2-3-6-24(21)32)23-18-36-31(41)39(27(23)16-19)29-25(33)7-4-8-26(29)34/h2-10,15-17H,11-14,18H2,1H3,(H,36,41). The average molecular weight is 623 g/mol. The van der Waals surface area contributed by atoms with E-state index < -0.39 is 6.03 Å². The third-order valence-corrected chi connectivity index (χ3v) is 8.44. The highest BCUT2D eigenvalue weighted by molar-refractivity contribution is 6.40. The van der Waals surface area contributed by atoms with E-state index in [2.05, 4.69) is 15.2 Å². The summed E-state index contributed by atoms with van der Waals surface area (Å²) in [5.74, 6) is 1.38. The van der Waals surface area contributed by atoms with Crippen LogP contribution in [0.5, 0.6) is 5.75 Å². The molecule has 3 heterocycles. The number of anilines is 3. The molecule has 2 aliphatic heterocycles. The number of nitrogens with zero attached hydrogens (tertiary/aromatic N) is 4. The zero-order valence-corrected chi connectivity index (χ0v) is 24.9. The van der Waals surface area contributed by atoms with Gasteiger partial charge in [0.25, 0.3) is 5.91 Å². The van der Waals surface area contributed by atoms with Crippen LogP contribution in [-0.2, 0) is 6.54 Å². The first-order valence-corrected chi connectivity index (χ1v) is 14.5. The third-order valence-electron chi connectivity index (χ3n) is 7.50. The Morgan fingerprint density at radius 1 is 0.881 bits per heavy atom.